The number of hydrogen-bond acceptors (Lipinski definition) is 4. The van der Waals surface area contributed by atoms with Gasteiger partial charge in [0, 0.05) is 11.1 Å². The predicted molar refractivity (Wildman–Crippen MR) is 212 cm³/mol. The molecule has 0 bridgehead atoms. The van der Waals surface area contributed by atoms with Crippen molar-refractivity contribution in [3.63, 3.8) is 0 Å². The number of nitrogens with zero attached hydrogens (tertiary/aromatic N) is 2. The van der Waals surface area contributed by atoms with Crippen molar-refractivity contribution in [2.75, 3.05) is 0 Å². The summed E-state index contributed by atoms with van der Waals surface area (Å²) in [7, 11) is 0. The van der Waals surface area contributed by atoms with Gasteiger partial charge in [-0.2, -0.15) is 0 Å². The van der Waals surface area contributed by atoms with E-state index in [1.165, 1.54) is 67.4 Å². The Labute approximate surface area is 300 Å². The summed E-state index contributed by atoms with van der Waals surface area (Å²) in [5.41, 5.74) is 13.1. The summed E-state index contributed by atoms with van der Waals surface area (Å²) in [5.74, 6) is 0. The van der Waals surface area contributed by atoms with Crippen LogP contribution in [-0.2, 0) is 0 Å². The van der Waals surface area contributed by atoms with Gasteiger partial charge in [-0.15, -0.1) is 0 Å². The van der Waals surface area contributed by atoms with E-state index >= 15 is 0 Å². The smallest absolute Gasteiger partial charge is 0.181 e. The molecule has 0 aliphatic carbocycles. The first kappa shape index (κ1) is 29.8. The van der Waals surface area contributed by atoms with Gasteiger partial charge in [-0.25, -0.2) is 9.97 Å². The molecule has 2 heterocycles. The fourth-order valence-electron chi connectivity index (χ4n) is 7.50. The van der Waals surface area contributed by atoms with E-state index in [1.807, 2.05) is 0 Å². The molecule has 0 spiro atoms. The van der Waals surface area contributed by atoms with Gasteiger partial charge >= 0.3 is 0 Å². The average Bonchev–Trinajstić information content (AvgIpc) is 3.97. The van der Waals surface area contributed by atoms with Crippen LogP contribution in [0.2, 0.25) is 0 Å². The fourth-order valence-corrected chi connectivity index (χ4v) is 7.50. The zero-order valence-corrected chi connectivity index (χ0v) is 28.0. The quantitative estimate of drug-likeness (QED) is 0.166. The molecule has 244 valence electrons. The molecular weight excluding hydrogens is 637 g/mol. The number of fused-ring (bicyclic) bond motifs is 6. The van der Waals surface area contributed by atoms with E-state index < -0.39 is 0 Å². The average molecular weight is 667 g/mol. The van der Waals surface area contributed by atoms with Gasteiger partial charge in [-0.3, -0.25) is 0 Å². The highest BCUT2D eigenvalue weighted by Crippen LogP contribution is 2.44. The molecule has 0 saturated carbocycles. The van der Waals surface area contributed by atoms with E-state index in [2.05, 4.69) is 168 Å². The second kappa shape index (κ2) is 12.4. The van der Waals surface area contributed by atoms with Crippen LogP contribution in [0.25, 0.3) is 99.3 Å². The number of oxazole rings is 2. The molecule has 8 aromatic carbocycles. The Morgan fingerprint density at radius 3 is 1.04 bits per heavy atom. The van der Waals surface area contributed by atoms with Crippen molar-refractivity contribution in [2.24, 2.45) is 0 Å². The topological polar surface area (TPSA) is 52.1 Å². The third-order valence-electron chi connectivity index (χ3n) is 10.1. The summed E-state index contributed by atoms with van der Waals surface area (Å²) in [4.78, 5) is 8.64. The minimum Gasteiger partial charge on any atom is -0.451 e. The first-order valence-electron chi connectivity index (χ1n) is 17.3. The van der Waals surface area contributed by atoms with Crippen LogP contribution in [-0.4, -0.2) is 9.97 Å². The van der Waals surface area contributed by atoms with Crippen molar-refractivity contribution < 1.29 is 8.83 Å². The van der Waals surface area contributed by atoms with Crippen molar-refractivity contribution >= 4 is 32.3 Å². The molecule has 52 heavy (non-hydrogen) atoms. The van der Waals surface area contributed by atoms with Gasteiger partial charge in [0.2, 0.25) is 0 Å². The van der Waals surface area contributed by atoms with Crippen molar-refractivity contribution in [3.05, 3.63) is 183 Å². The molecule has 10 aromatic rings. The number of rotatable bonds is 6. The monoisotopic (exact) mass is 666 g/mol. The Kier molecular flexibility index (Phi) is 7.10. The molecule has 0 saturated heterocycles. The maximum atomic E-state index is 5.22. The van der Waals surface area contributed by atoms with Gasteiger partial charge in [0.15, 0.2) is 12.8 Å². The van der Waals surface area contributed by atoms with Gasteiger partial charge < -0.3 is 8.83 Å². The van der Waals surface area contributed by atoms with E-state index in [0.717, 1.165) is 44.8 Å². The normalized spacial score (nSPS) is 11.5. The van der Waals surface area contributed by atoms with Gasteiger partial charge in [0.1, 0.15) is 23.9 Å². The summed E-state index contributed by atoms with van der Waals surface area (Å²) in [6, 6.07) is 57.1. The lowest BCUT2D eigenvalue weighted by atomic mass is 9.86. The molecule has 0 aliphatic heterocycles. The van der Waals surface area contributed by atoms with Crippen LogP contribution in [0.4, 0.5) is 0 Å². The molecule has 10 rings (SSSR count). The van der Waals surface area contributed by atoms with Crippen molar-refractivity contribution in [3.8, 4) is 67.0 Å². The number of benzene rings is 8. The Hall–Kier alpha value is -7.04. The van der Waals surface area contributed by atoms with Crippen molar-refractivity contribution in [2.45, 2.75) is 0 Å². The van der Waals surface area contributed by atoms with E-state index in [9.17, 15) is 0 Å². The highest BCUT2D eigenvalue weighted by molar-refractivity contribution is 6.27. The Bertz CT molecular complexity index is 2640. The van der Waals surface area contributed by atoms with Crippen molar-refractivity contribution in [1.82, 2.24) is 9.97 Å². The van der Waals surface area contributed by atoms with Crippen LogP contribution in [0, 0.1) is 0 Å². The highest BCUT2D eigenvalue weighted by Gasteiger charge is 2.17. The minimum atomic E-state index is 0.829. The molecular formula is C48H30N2O2. The zero-order chi connectivity index (χ0) is 34.4. The molecule has 0 radical (unpaired) electrons. The second-order valence-corrected chi connectivity index (χ2v) is 13.1. The molecule has 4 heteroatoms. The van der Waals surface area contributed by atoms with E-state index in [-0.39, 0.29) is 0 Å². The van der Waals surface area contributed by atoms with Crippen LogP contribution < -0.4 is 0 Å². The zero-order valence-electron chi connectivity index (χ0n) is 28.0. The summed E-state index contributed by atoms with van der Waals surface area (Å²) >= 11 is 0. The Morgan fingerprint density at radius 1 is 0.288 bits per heavy atom. The first-order valence-corrected chi connectivity index (χ1v) is 17.3. The van der Waals surface area contributed by atoms with Crippen LogP contribution in [0.1, 0.15) is 0 Å². The van der Waals surface area contributed by atoms with E-state index in [4.69, 9.17) is 8.83 Å². The molecule has 2 aromatic heterocycles. The van der Waals surface area contributed by atoms with Gasteiger partial charge in [0.25, 0.3) is 0 Å². The molecule has 4 nitrogen and oxygen atoms in total. The van der Waals surface area contributed by atoms with Crippen LogP contribution in [0.3, 0.4) is 0 Å². The Balaban J connectivity index is 1.22. The lowest BCUT2D eigenvalue weighted by Crippen LogP contribution is -1.91. The summed E-state index contributed by atoms with van der Waals surface area (Å²) in [5, 5.41) is 7.35. The van der Waals surface area contributed by atoms with Crippen LogP contribution in [0.15, 0.2) is 192 Å². The lowest BCUT2D eigenvalue weighted by molar-refractivity contribution is 0.558. The Morgan fingerprint density at radius 2 is 0.654 bits per heavy atom. The summed E-state index contributed by atoms with van der Waals surface area (Å²) in [6.45, 7) is 0. The maximum Gasteiger partial charge on any atom is 0.181 e. The third kappa shape index (κ3) is 5.17. The second-order valence-electron chi connectivity index (χ2n) is 13.1. The predicted octanol–water partition coefficient (Wildman–Crippen LogP) is 13.1. The molecule has 0 N–H and O–H groups in total. The number of hydrogen-bond donors (Lipinski definition) is 0. The van der Waals surface area contributed by atoms with Gasteiger partial charge in [0.05, 0.1) is 0 Å². The molecule has 0 fully saturated rings. The minimum absolute atomic E-state index is 0.829. The standard InChI is InChI=1S/C48H30N2O2/c1-3-7-33(8-4-1)41-25-45-43-23-37(31-11-15-35(16-12-31)47-27-51-29-49-47)19-21-39(43)40-22-20-38(32-13-17-36(18-14-32)48-28-52-30-50-48)24-44(40)46(45)26-42(41)34-9-5-2-6-10-34/h1-30H. The molecule has 0 aliphatic rings. The summed E-state index contributed by atoms with van der Waals surface area (Å²) < 4.78 is 10.4. The van der Waals surface area contributed by atoms with E-state index in [0.29, 0.717) is 0 Å². The largest absolute Gasteiger partial charge is 0.451 e. The van der Waals surface area contributed by atoms with Crippen LogP contribution >= 0.6 is 0 Å². The molecule has 0 unspecified atom stereocenters. The van der Waals surface area contributed by atoms with E-state index in [1.54, 1.807) is 12.5 Å². The molecule has 0 atom stereocenters. The lowest BCUT2D eigenvalue weighted by Gasteiger charge is -2.18. The fraction of sp³-hybridized carbons (Fsp3) is 0. The van der Waals surface area contributed by atoms with Gasteiger partial charge in [-0.1, -0.05) is 133 Å². The molecule has 0 amide bonds. The van der Waals surface area contributed by atoms with Crippen molar-refractivity contribution in [1.29, 1.82) is 0 Å². The maximum absolute atomic E-state index is 5.22. The van der Waals surface area contributed by atoms with Gasteiger partial charge in [-0.05, 0) is 101 Å². The summed E-state index contributed by atoms with van der Waals surface area (Å²) in [6.07, 6.45) is 6.28. The van der Waals surface area contributed by atoms with Crippen LogP contribution in [0.5, 0.6) is 0 Å². The third-order valence-corrected chi connectivity index (χ3v) is 10.1. The first-order chi connectivity index (χ1) is 25.8. The number of aromatic nitrogens is 2. The highest BCUT2D eigenvalue weighted by atomic mass is 16.3. The SMILES string of the molecule is c1ccc(-c2cc3c4cc(-c5ccc(-c6cocn6)cc5)ccc4c4ccc(-c5ccc(-c6cocn6)cc5)cc4c3cc2-c2ccccc2)cc1.